The van der Waals surface area contributed by atoms with Gasteiger partial charge in [-0.3, -0.25) is 14.3 Å². The third-order valence-corrected chi connectivity index (χ3v) is 3.78. The highest BCUT2D eigenvalue weighted by atomic mass is 19.1. The van der Waals surface area contributed by atoms with Crippen molar-refractivity contribution in [3.8, 4) is 0 Å². The fourth-order valence-electron chi connectivity index (χ4n) is 2.53. The van der Waals surface area contributed by atoms with Gasteiger partial charge in [0.15, 0.2) is 0 Å². The smallest absolute Gasteiger partial charge is 0.244 e. The van der Waals surface area contributed by atoms with E-state index >= 15 is 0 Å². The Morgan fingerprint density at radius 1 is 1.21 bits per heavy atom. The molecular weight excluding hydrogens is 309 g/mol. The van der Waals surface area contributed by atoms with Crippen LogP contribution in [-0.2, 0) is 17.9 Å². The highest BCUT2D eigenvalue weighted by Crippen LogP contribution is 2.10. The van der Waals surface area contributed by atoms with Crippen molar-refractivity contribution in [1.82, 2.24) is 14.7 Å². The van der Waals surface area contributed by atoms with Gasteiger partial charge in [-0.2, -0.15) is 5.10 Å². The number of rotatable bonds is 4. The summed E-state index contributed by atoms with van der Waals surface area (Å²) in [5.74, 6) is -0.512. The van der Waals surface area contributed by atoms with Gasteiger partial charge in [0.1, 0.15) is 12.4 Å². The third-order valence-electron chi connectivity index (χ3n) is 3.78. The number of hydrogen-bond donors (Lipinski definition) is 0. The monoisotopic (exact) mass is 325 g/mol. The molecule has 1 heterocycles. The molecule has 0 N–H and O–H groups in total. The summed E-state index contributed by atoms with van der Waals surface area (Å²) >= 11 is 0. The van der Waals surface area contributed by atoms with Crippen LogP contribution in [0.4, 0.5) is 4.39 Å². The Hall–Kier alpha value is -3.02. The third kappa shape index (κ3) is 3.32. The molecule has 24 heavy (non-hydrogen) atoms. The number of likely N-dealkylation sites (N-methyl/N-ethyl adjacent to an activating group) is 1. The number of para-hydroxylation sites is 1. The summed E-state index contributed by atoms with van der Waals surface area (Å²) in [6, 6.07) is 13.2. The van der Waals surface area contributed by atoms with E-state index in [0.29, 0.717) is 23.0 Å². The number of fused-ring (bicyclic) bond motifs is 1. The predicted molar refractivity (Wildman–Crippen MR) is 88.9 cm³/mol. The second-order valence-corrected chi connectivity index (χ2v) is 5.56. The van der Waals surface area contributed by atoms with E-state index < -0.39 is 0 Å². The van der Waals surface area contributed by atoms with Crippen molar-refractivity contribution in [1.29, 1.82) is 0 Å². The van der Waals surface area contributed by atoms with Gasteiger partial charge < -0.3 is 4.90 Å². The minimum Gasteiger partial charge on any atom is -0.340 e. The lowest BCUT2D eigenvalue weighted by Crippen LogP contribution is -2.31. The van der Waals surface area contributed by atoms with E-state index in [-0.39, 0.29) is 23.7 Å². The molecule has 0 saturated heterocycles. The Morgan fingerprint density at radius 3 is 2.79 bits per heavy atom. The van der Waals surface area contributed by atoms with Crippen molar-refractivity contribution in [3.05, 3.63) is 76.3 Å². The van der Waals surface area contributed by atoms with Crippen LogP contribution in [0.3, 0.4) is 0 Å². The molecule has 1 aromatic heterocycles. The van der Waals surface area contributed by atoms with Gasteiger partial charge in [-0.05, 0) is 29.8 Å². The molecule has 0 spiro atoms. The topological polar surface area (TPSA) is 55.2 Å². The van der Waals surface area contributed by atoms with E-state index in [1.807, 2.05) is 0 Å². The Kier molecular flexibility index (Phi) is 4.37. The number of halogens is 1. The second kappa shape index (κ2) is 6.62. The molecule has 0 unspecified atom stereocenters. The first-order chi connectivity index (χ1) is 11.5. The minimum atomic E-state index is -0.332. The van der Waals surface area contributed by atoms with E-state index in [4.69, 9.17) is 0 Å². The van der Waals surface area contributed by atoms with Crippen LogP contribution in [0.1, 0.15) is 5.56 Å². The first-order valence-corrected chi connectivity index (χ1v) is 7.48. The standard InChI is InChI=1S/C18H16FN3O2/c1-21(11-13-5-4-6-14(19)9-13)18(24)12-22-16-8-3-2-7-15(16)17(23)10-20-22/h2-10H,11-12H2,1H3. The van der Waals surface area contributed by atoms with E-state index in [2.05, 4.69) is 5.10 Å². The van der Waals surface area contributed by atoms with Gasteiger partial charge in [-0.1, -0.05) is 24.3 Å². The van der Waals surface area contributed by atoms with Gasteiger partial charge in [0.2, 0.25) is 11.3 Å². The summed E-state index contributed by atoms with van der Waals surface area (Å²) in [5.41, 5.74) is 1.14. The Bertz CT molecular complexity index is 952. The summed E-state index contributed by atoms with van der Waals surface area (Å²) in [4.78, 5) is 25.7. The summed E-state index contributed by atoms with van der Waals surface area (Å²) in [5, 5.41) is 4.57. The number of benzene rings is 2. The van der Waals surface area contributed by atoms with Crippen molar-refractivity contribution in [2.24, 2.45) is 0 Å². The normalized spacial score (nSPS) is 10.8. The number of carbonyl (C=O) groups is 1. The minimum absolute atomic E-state index is 0.00656. The molecule has 3 rings (SSSR count). The molecule has 0 saturated carbocycles. The van der Waals surface area contributed by atoms with Crippen LogP contribution in [0.5, 0.6) is 0 Å². The average Bonchev–Trinajstić information content (AvgIpc) is 2.57. The Labute approximate surface area is 137 Å². The lowest BCUT2D eigenvalue weighted by Gasteiger charge is -2.18. The molecular formula is C18H16FN3O2. The van der Waals surface area contributed by atoms with Gasteiger partial charge in [0.25, 0.3) is 0 Å². The molecule has 0 radical (unpaired) electrons. The van der Waals surface area contributed by atoms with E-state index in [9.17, 15) is 14.0 Å². The molecule has 5 nitrogen and oxygen atoms in total. The van der Waals surface area contributed by atoms with Gasteiger partial charge >= 0.3 is 0 Å². The van der Waals surface area contributed by atoms with Crippen molar-refractivity contribution in [2.75, 3.05) is 7.05 Å². The molecule has 2 aromatic carbocycles. The van der Waals surface area contributed by atoms with Crippen molar-refractivity contribution in [3.63, 3.8) is 0 Å². The van der Waals surface area contributed by atoms with E-state index in [0.717, 1.165) is 0 Å². The maximum absolute atomic E-state index is 13.2. The largest absolute Gasteiger partial charge is 0.340 e. The quantitative estimate of drug-likeness (QED) is 0.739. The zero-order chi connectivity index (χ0) is 17.1. The molecule has 0 aliphatic carbocycles. The Balaban J connectivity index is 1.80. The zero-order valence-electron chi connectivity index (χ0n) is 13.1. The number of nitrogens with zero attached hydrogens (tertiary/aromatic N) is 3. The zero-order valence-corrected chi connectivity index (χ0v) is 13.1. The maximum Gasteiger partial charge on any atom is 0.244 e. The summed E-state index contributed by atoms with van der Waals surface area (Å²) in [7, 11) is 1.65. The number of aromatic nitrogens is 2. The summed E-state index contributed by atoms with van der Waals surface area (Å²) < 4.78 is 14.7. The average molecular weight is 325 g/mol. The van der Waals surface area contributed by atoms with Gasteiger partial charge in [0.05, 0.1) is 11.7 Å². The second-order valence-electron chi connectivity index (χ2n) is 5.56. The van der Waals surface area contributed by atoms with E-state index in [1.54, 1.807) is 43.4 Å². The van der Waals surface area contributed by atoms with Crippen LogP contribution in [0, 0.1) is 5.82 Å². The van der Waals surface area contributed by atoms with Crippen LogP contribution in [0.15, 0.2) is 59.5 Å². The van der Waals surface area contributed by atoms with Crippen LogP contribution in [0.25, 0.3) is 10.9 Å². The van der Waals surface area contributed by atoms with Crippen molar-refractivity contribution >= 4 is 16.8 Å². The lowest BCUT2D eigenvalue weighted by atomic mass is 10.2. The van der Waals surface area contributed by atoms with Crippen LogP contribution in [0.2, 0.25) is 0 Å². The van der Waals surface area contributed by atoms with Crippen molar-refractivity contribution < 1.29 is 9.18 Å². The Morgan fingerprint density at radius 2 is 2.00 bits per heavy atom. The summed E-state index contributed by atoms with van der Waals surface area (Å²) in [6.45, 7) is 0.307. The fraction of sp³-hybridized carbons (Fsp3) is 0.167. The molecule has 3 aromatic rings. The first kappa shape index (κ1) is 15.9. The van der Waals surface area contributed by atoms with Crippen molar-refractivity contribution in [2.45, 2.75) is 13.1 Å². The van der Waals surface area contributed by atoms with Gasteiger partial charge in [0, 0.05) is 19.0 Å². The molecule has 6 heteroatoms. The van der Waals surface area contributed by atoms with Gasteiger partial charge in [-0.15, -0.1) is 0 Å². The molecule has 0 bridgehead atoms. The van der Waals surface area contributed by atoms with E-state index in [1.165, 1.54) is 27.9 Å². The molecule has 1 amide bonds. The molecule has 122 valence electrons. The predicted octanol–water partition coefficient (Wildman–Crippen LogP) is 2.19. The van der Waals surface area contributed by atoms with Crippen LogP contribution in [-0.4, -0.2) is 27.6 Å². The number of amides is 1. The maximum atomic E-state index is 13.2. The van der Waals surface area contributed by atoms with Gasteiger partial charge in [-0.25, -0.2) is 4.39 Å². The van der Waals surface area contributed by atoms with Crippen LogP contribution >= 0.6 is 0 Å². The molecule has 0 atom stereocenters. The molecule has 0 aliphatic heterocycles. The lowest BCUT2D eigenvalue weighted by molar-refractivity contribution is -0.131. The first-order valence-electron chi connectivity index (χ1n) is 7.48. The molecule has 0 aliphatic rings. The fourth-order valence-corrected chi connectivity index (χ4v) is 2.53. The summed E-state index contributed by atoms with van der Waals surface area (Å²) in [6.07, 6.45) is 1.21. The van der Waals surface area contributed by atoms with Crippen LogP contribution < -0.4 is 5.43 Å². The number of carbonyl (C=O) groups excluding carboxylic acids is 1. The highest BCUT2D eigenvalue weighted by Gasteiger charge is 2.13. The molecule has 0 fully saturated rings. The SMILES string of the molecule is CN(Cc1cccc(F)c1)C(=O)Cn1ncc(=O)c2ccccc21. The number of hydrogen-bond acceptors (Lipinski definition) is 3. The highest BCUT2D eigenvalue weighted by molar-refractivity contribution is 5.81.